The molecule has 0 aliphatic rings. The van der Waals surface area contributed by atoms with Crippen molar-refractivity contribution >= 4 is 22.6 Å². The van der Waals surface area contributed by atoms with Crippen LogP contribution in [0, 0.1) is 0 Å². The number of hydrogen-bond donors (Lipinski definition) is 1. The molecular formula is C19H16N4O2. The fourth-order valence-electron chi connectivity index (χ4n) is 2.58. The average Bonchev–Trinajstić information content (AvgIpc) is 3.09. The maximum Gasteiger partial charge on any atom is 0.228 e. The predicted molar refractivity (Wildman–Crippen MR) is 95.9 cm³/mol. The normalized spacial score (nSPS) is 10.8. The van der Waals surface area contributed by atoms with Crippen LogP contribution >= 0.6 is 0 Å². The summed E-state index contributed by atoms with van der Waals surface area (Å²) in [5.41, 5.74) is 3.73. The fourth-order valence-corrected chi connectivity index (χ4v) is 2.58. The summed E-state index contributed by atoms with van der Waals surface area (Å²) in [5.74, 6) is 1.40. The van der Waals surface area contributed by atoms with Crippen LogP contribution in [-0.4, -0.2) is 21.7 Å². The highest BCUT2D eigenvalue weighted by Gasteiger charge is 2.16. The number of benzene rings is 2. The molecule has 124 valence electrons. The first-order valence-electron chi connectivity index (χ1n) is 8.01. The van der Waals surface area contributed by atoms with Gasteiger partial charge in [0.15, 0.2) is 5.82 Å². The van der Waals surface area contributed by atoms with Gasteiger partial charge in [-0.1, -0.05) is 35.5 Å². The van der Waals surface area contributed by atoms with Crippen molar-refractivity contribution in [2.45, 2.75) is 6.92 Å². The number of nitrogens with zero attached hydrogens (tertiary/aromatic N) is 3. The molecule has 0 aliphatic carbocycles. The summed E-state index contributed by atoms with van der Waals surface area (Å²) in [7, 11) is 0. The molecule has 6 nitrogen and oxygen atoms in total. The van der Waals surface area contributed by atoms with Gasteiger partial charge in [-0.2, -0.15) is 0 Å². The number of anilines is 2. The second kappa shape index (κ2) is 6.60. The molecule has 0 amide bonds. The Bertz CT molecular complexity index is 981. The van der Waals surface area contributed by atoms with Crippen molar-refractivity contribution in [3.63, 3.8) is 0 Å². The Balaban J connectivity index is 1.68. The van der Waals surface area contributed by atoms with E-state index in [1.165, 1.54) is 6.33 Å². The van der Waals surface area contributed by atoms with Crippen molar-refractivity contribution in [2.24, 2.45) is 0 Å². The van der Waals surface area contributed by atoms with E-state index in [0.717, 1.165) is 17.0 Å². The topological polar surface area (TPSA) is 73.1 Å². The zero-order valence-corrected chi connectivity index (χ0v) is 13.6. The maximum atomic E-state index is 5.51. The Morgan fingerprint density at radius 2 is 1.80 bits per heavy atom. The van der Waals surface area contributed by atoms with Gasteiger partial charge in [-0.05, 0) is 31.2 Å². The fraction of sp³-hybridized carbons (Fsp3) is 0.105. The van der Waals surface area contributed by atoms with Crippen molar-refractivity contribution in [1.29, 1.82) is 0 Å². The van der Waals surface area contributed by atoms with Crippen LogP contribution in [0.25, 0.3) is 22.4 Å². The summed E-state index contributed by atoms with van der Waals surface area (Å²) in [5, 5.41) is 7.41. The van der Waals surface area contributed by atoms with E-state index >= 15 is 0 Å². The minimum atomic E-state index is 0.523. The monoisotopic (exact) mass is 332 g/mol. The van der Waals surface area contributed by atoms with E-state index in [-0.39, 0.29) is 0 Å². The van der Waals surface area contributed by atoms with Gasteiger partial charge in [0.25, 0.3) is 0 Å². The standard InChI is InChI=1S/C19H16N4O2/c1-2-24-15-10-8-14(9-11-15)22-19-18-17(20-12-21-19)16(23-25-18)13-6-4-3-5-7-13/h3-12H,2H2,1H3,(H,20,21,22). The third-order valence-electron chi connectivity index (χ3n) is 3.73. The van der Waals surface area contributed by atoms with Crippen molar-refractivity contribution in [2.75, 3.05) is 11.9 Å². The molecule has 0 unspecified atom stereocenters. The third-order valence-corrected chi connectivity index (χ3v) is 3.73. The van der Waals surface area contributed by atoms with Crippen LogP contribution in [0.3, 0.4) is 0 Å². The van der Waals surface area contributed by atoms with Crippen molar-refractivity contribution in [3.05, 3.63) is 60.9 Å². The molecule has 0 spiro atoms. The average molecular weight is 332 g/mol. The van der Waals surface area contributed by atoms with E-state index < -0.39 is 0 Å². The molecule has 6 heteroatoms. The highest BCUT2D eigenvalue weighted by Crippen LogP contribution is 2.30. The molecule has 0 atom stereocenters. The molecule has 0 radical (unpaired) electrons. The summed E-state index contributed by atoms with van der Waals surface area (Å²) < 4.78 is 11.0. The van der Waals surface area contributed by atoms with Gasteiger partial charge in [0, 0.05) is 11.3 Å². The summed E-state index contributed by atoms with van der Waals surface area (Å²) in [6, 6.07) is 17.5. The minimum Gasteiger partial charge on any atom is -0.494 e. The molecule has 2 aromatic carbocycles. The lowest BCUT2D eigenvalue weighted by Crippen LogP contribution is -1.96. The van der Waals surface area contributed by atoms with Crippen LogP contribution in [0.5, 0.6) is 5.75 Å². The molecule has 1 N–H and O–H groups in total. The van der Waals surface area contributed by atoms with Gasteiger partial charge in [-0.25, -0.2) is 9.97 Å². The minimum absolute atomic E-state index is 0.523. The Kier molecular flexibility index (Phi) is 4.00. The molecule has 0 fully saturated rings. The number of ether oxygens (including phenoxy) is 1. The summed E-state index contributed by atoms with van der Waals surface area (Å²) >= 11 is 0. The van der Waals surface area contributed by atoms with Crippen LogP contribution in [-0.2, 0) is 0 Å². The third kappa shape index (κ3) is 3.01. The van der Waals surface area contributed by atoms with E-state index in [1.54, 1.807) is 0 Å². The summed E-state index contributed by atoms with van der Waals surface area (Å²) in [6.07, 6.45) is 1.50. The van der Waals surface area contributed by atoms with Crippen molar-refractivity contribution in [1.82, 2.24) is 15.1 Å². The predicted octanol–water partition coefficient (Wildman–Crippen LogP) is 4.43. The van der Waals surface area contributed by atoms with E-state index in [1.807, 2.05) is 61.5 Å². The molecule has 4 rings (SSSR count). The first kappa shape index (κ1) is 15.1. The Morgan fingerprint density at radius 3 is 2.56 bits per heavy atom. The largest absolute Gasteiger partial charge is 0.494 e. The lowest BCUT2D eigenvalue weighted by atomic mass is 10.1. The highest BCUT2D eigenvalue weighted by molar-refractivity contribution is 5.94. The number of fused-ring (bicyclic) bond motifs is 1. The second-order valence-electron chi connectivity index (χ2n) is 5.38. The van der Waals surface area contributed by atoms with Crippen LogP contribution in [0.2, 0.25) is 0 Å². The smallest absolute Gasteiger partial charge is 0.228 e. The van der Waals surface area contributed by atoms with Crippen LogP contribution in [0.1, 0.15) is 6.92 Å². The zero-order valence-electron chi connectivity index (χ0n) is 13.6. The van der Waals surface area contributed by atoms with E-state index in [4.69, 9.17) is 9.26 Å². The van der Waals surface area contributed by atoms with E-state index in [0.29, 0.717) is 29.2 Å². The first-order chi connectivity index (χ1) is 12.3. The lowest BCUT2D eigenvalue weighted by Gasteiger charge is -2.07. The maximum absolute atomic E-state index is 5.51. The molecule has 2 heterocycles. The van der Waals surface area contributed by atoms with Crippen molar-refractivity contribution in [3.8, 4) is 17.0 Å². The first-order valence-corrected chi connectivity index (χ1v) is 8.01. The Hall–Kier alpha value is -3.41. The van der Waals surface area contributed by atoms with Crippen LogP contribution in [0.4, 0.5) is 11.5 Å². The summed E-state index contributed by atoms with van der Waals surface area (Å²) in [6.45, 7) is 2.59. The van der Waals surface area contributed by atoms with Gasteiger partial charge in [-0.15, -0.1) is 0 Å². The van der Waals surface area contributed by atoms with Gasteiger partial charge in [0.05, 0.1) is 6.61 Å². The number of nitrogens with one attached hydrogen (secondary N) is 1. The van der Waals surface area contributed by atoms with Crippen LogP contribution < -0.4 is 10.1 Å². The van der Waals surface area contributed by atoms with Crippen LogP contribution in [0.15, 0.2) is 65.4 Å². The quantitative estimate of drug-likeness (QED) is 0.583. The van der Waals surface area contributed by atoms with E-state index in [9.17, 15) is 0 Å². The van der Waals surface area contributed by atoms with Gasteiger partial charge < -0.3 is 14.6 Å². The number of hydrogen-bond acceptors (Lipinski definition) is 6. The number of aromatic nitrogens is 3. The Morgan fingerprint density at radius 1 is 1.00 bits per heavy atom. The molecular weight excluding hydrogens is 316 g/mol. The van der Waals surface area contributed by atoms with Crippen molar-refractivity contribution < 1.29 is 9.26 Å². The number of rotatable bonds is 5. The molecule has 4 aromatic rings. The molecule has 0 saturated heterocycles. The molecule has 0 bridgehead atoms. The van der Waals surface area contributed by atoms with Gasteiger partial charge >= 0.3 is 0 Å². The molecule has 0 saturated carbocycles. The lowest BCUT2D eigenvalue weighted by molar-refractivity contribution is 0.340. The Labute approximate surface area is 144 Å². The molecule has 25 heavy (non-hydrogen) atoms. The zero-order chi connectivity index (χ0) is 17.1. The summed E-state index contributed by atoms with van der Waals surface area (Å²) in [4.78, 5) is 8.61. The van der Waals surface area contributed by atoms with Gasteiger partial charge in [-0.3, -0.25) is 0 Å². The van der Waals surface area contributed by atoms with Gasteiger partial charge in [0.1, 0.15) is 23.3 Å². The SMILES string of the molecule is CCOc1ccc(Nc2ncnc3c(-c4ccccc4)noc23)cc1. The van der Waals surface area contributed by atoms with E-state index in [2.05, 4.69) is 20.4 Å². The molecule has 0 aliphatic heterocycles. The van der Waals surface area contributed by atoms with Gasteiger partial charge in [0.2, 0.25) is 5.58 Å². The highest BCUT2D eigenvalue weighted by atomic mass is 16.5. The second-order valence-corrected chi connectivity index (χ2v) is 5.38. The molecule has 2 aromatic heterocycles.